The van der Waals surface area contributed by atoms with E-state index in [0.29, 0.717) is 0 Å². The molecule has 0 spiro atoms. The molecule has 0 aliphatic heterocycles. The molecule has 1 amide bonds. The zero-order valence-electron chi connectivity index (χ0n) is 14.1. The number of nitrogens with one attached hydrogen (secondary N) is 1. The molecule has 1 aliphatic carbocycles. The Bertz CT molecular complexity index is 735. The summed E-state index contributed by atoms with van der Waals surface area (Å²) in [4.78, 5) is 13.4. The highest BCUT2D eigenvalue weighted by Gasteiger charge is 2.34. The number of alkyl carbamates (subject to hydrolysis) is 1. The molecule has 0 bridgehead atoms. The number of benzene rings is 1. The standard InChI is InChI=1S/C19H22ClNO2S/c1-19(2,3)23-18(22)21-16-10-12-6-4-5-7-14(12)15(16)11-13-8-9-17(20)24-13/h4-9,15-16H,10-11H2,1-3H3,(H,21,22)/t15-,16+/m0/s1. The lowest BCUT2D eigenvalue weighted by molar-refractivity contribution is 0.0499. The van der Waals surface area contributed by atoms with Crippen LogP contribution in [0.1, 0.15) is 42.7 Å². The van der Waals surface area contributed by atoms with Gasteiger partial charge in [0, 0.05) is 16.8 Å². The SMILES string of the molecule is CC(C)(C)OC(=O)N[C@@H]1Cc2ccccc2[C@@H]1Cc1ccc(Cl)s1. The van der Waals surface area contributed by atoms with Gasteiger partial charge in [-0.3, -0.25) is 0 Å². The minimum absolute atomic E-state index is 0.0399. The van der Waals surface area contributed by atoms with Crippen molar-refractivity contribution >= 4 is 29.0 Å². The van der Waals surface area contributed by atoms with Gasteiger partial charge in [0.05, 0.1) is 4.34 Å². The second-order valence-corrected chi connectivity index (χ2v) is 8.97. The van der Waals surface area contributed by atoms with Crippen LogP contribution in [0.2, 0.25) is 4.34 Å². The summed E-state index contributed by atoms with van der Waals surface area (Å²) < 4.78 is 6.23. The van der Waals surface area contributed by atoms with Gasteiger partial charge in [-0.15, -0.1) is 11.3 Å². The molecule has 0 fully saturated rings. The summed E-state index contributed by atoms with van der Waals surface area (Å²) >= 11 is 7.67. The number of ether oxygens (including phenoxy) is 1. The van der Waals surface area contributed by atoms with Crippen LogP contribution in [0.4, 0.5) is 4.79 Å². The maximum Gasteiger partial charge on any atom is 0.407 e. The molecule has 1 N–H and O–H groups in total. The van der Waals surface area contributed by atoms with Gasteiger partial charge in [0.1, 0.15) is 5.60 Å². The average Bonchev–Trinajstić information content (AvgIpc) is 3.02. The van der Waals surface area contributed by atoms with E-state index < -0.39 is 5.60 Å². The van der Waals surface area contributed by atoms with Gasteiger partial charge in [0.25, 0.3) is 0 Å². The van der Waals surface area contributed by atoms with E-state index in [2.05, 4.69) is 29.6 Å². The van der Waals surface area contributed by atoms with E-state index in [-0.39, 0.29) is 18.1 Å². The van der Waals surface area contributed by atoms with Crippen LogP contribution in [0.5, 0.6) is 0 Å². The Hall–Kier alpha value is -1.52. The van der Waals surface area contributed by atoms with Gasteiger partial charge in [-0.05, 0) is 56.9 Å². The van der Waals surface area contributed by atoms with Gasteiger partial charge in [-0.25, -0.2) is 4.79 Å². The smallest absolute Gasteiger partial charge is 0.407 e. The largest absolute Gasteiger partial charge is 0.444 e. The first kappa shape index (κ1) is 17.3. The third-order valence-electron chi connectivity index (χ3n) is 4.13. The number of rotatable bonds is 3. The molecule has 2 atom stereocenters. The van der Waals surface area contributed by atoms with Crippen molar-refractivity contribution in [1.29, 1.82) is 0 Å². The van der Waals surface area contributed by atoms with Crippen molar-refractivity contribution in [3.05, 3.63) is 56.7 Å². The van der Waals surface area contributed by atoms with Crippen molar-refractivity contribution < 1.29 is 9.53 Å². The number of fused-ring (bicyclic) bond motifs is 1. The first-order valence-corrected chi connectivity index (χ1v) is 9.33. The lowest BCUT2D eigenvalue weighted by Gasteiger charge is -2.25. The van der Waals surface area contributed by atoms with Crippen LogP contribution in [0.25, 0.3) is 0 Å². The second-order valence-electron chi connectivity index (χ2n) is 7.17. The van der Waals surface area contributed by atoms with E-state index in [0.717, 1.165) is 17.2 Å². The van der Waals surface area contributed by atoms with Crippen LogP contribution in [0.3, 0.4) is 0 Å². The third-order valence-corrected chi connectivity index (χ3v) is 5.39. The molecule has 0 saturated heterocycles. The summed E-state index contributed by atoms with van der Waals surface area (Å²) in [6.07, 6.45) is 1.35. The number of amides is 1. The van der Waals surface area contributed by atoms with Gasteiger partial charge < -0.3 is 10.1 Å². The van der Waals surface area contributed by atoms with Crippen LogP contribution in [-0.4, -0.2) is 17.7 Å². The maximum absolute atomic E-state index is 12.2. The number of carbonyl (C=O) groups excluding carboxylic acids is 1. The van der Waals surface area contributed by atoms with E-state index in [4.69, 9.17) is 16.3 Å². The molecule has 3 rings (SSSR count). The summed E-state index contributed by atoms with van der Waals surface area (Å²) in [5, 5.41) is 3.07. The lowest BCUT2D eigenvalue weighted by Crippen LogP contribution is -2.41. The molecule has 1 aliphatic rings. The fourth-order valence-electron chi connectivity index (χ4n) is 3.22. The quantitative estimate of drug-likeness (QED) is 0.816. The highest BCUT2D eigenvalue weighted by Crippen LogP contribution is 2.37. The van der Waals surface area contributed by atoms with Gasteiger partial charge in [-0.2, -0.15) is 0 Å². The lowest BCUT2D eigenvalue weighted by atomic mass is 9.94. The molecular weight excluding hydrogens is 342 g/mol. The molecule has 1 aromatic heterocycles. The number of hydrogen-bond acceptors (Lipinski definition) is 3. The van der Waals surface area contributed by atoms with Crippen LogP contribution in [-0.2, 0) is 17.6 Å². The summed E-state index contributed by atoms with van der Waals surface area (Å²) in [6, 6.07) is 12.4. The highest BCUT2D eigenvalue weighted by molar-refractivity contribution is 7.16. The molecule has 3 nitrogen and oxygen atoms in total. The normalized spacial score (nSPS) is 19.8. The van der Waals surface area contributed by atoms with Gasteiger partial charge in [0.2, 0.25) is 0 Å². The number of hydrogen-bond donors (Lipinski definition) is 1. The van der Waals surface area contributed by atoms with E-state index >= 15 is 0 Å². The number of carbonyl (C=O) groups is 1. The van der Waals surface area contributed by atoms with Gasteiger partial charge >= 0.3 is 6.09 Å². The van der Waals surface area contributed by atoms with E-state index in [1.165, 1.54) is 16.0 Å². The minimum atomic E-state index is -0.494. The van der Waals surface area contributed by atoms with Crippen LogP contribution in [0, 0.1) is 0 Å². The zero-order chi connectivity index (χ0) is 17.3. The summed E-state index contributed by atoms with van der Waals surface area (Å²) in [6.45, 7) is 5.63. The average molecular weight is 364 g/mol. The Labute approximate surface area is 152 Å². The van der Waals surface area contributed by atoms with Crippen molar-refractivity contribution in [2.24, 2.45) is 0 Å². The van der Waals surface area contributed by atoms with Crippen LogP contribution >= 0.6 is 22.9 Å². The van der Waals surface area contributed by atoms with Crippen LogP contribution in [0.15, 0.2) is 36.4 Å². The number of thiophene rings is 1. The Morgan fingerprint density at radius 3 is 2.71 bits per heavy atom. The maximum atomic E-state index is 12.2. The van der Waals surface area contributed by atoms with E-state index in [1.807, 2.05) is 32.9 Å². The Morgan fingerprint density at radius 2 is 2.04 bits per heavy atom. The molecule has 5 heteroatoms. The van der Waals surface area contributed by atoms with E-state index in [9.17, 15) is 4.79 Å². The first-order valence-electron chi connectivity index (χ1n) is 8.13. The molecular formula is C19H22ClNO2S. The monoisotopic (exact) mass is 363 g/mol. The van der Waals surface area contributed by atoms with E-state index in [1.54, 1.807) is 11.3 Å². The Morgan fingerprint density at radius 1 is 1.29 bits per heavy atom. The molecule has 24 heavy (non-hydrogen) atoms. The van der Waals surface area contributed by atoms with Crippen molar-refractivity contribution in [1.82, 2.24) is 5.32 Å². The van der Waals surface area contributed by atoms with Crippen molar-refractivity contribution in [2.75, 3.05) is 0 Å². The number of halogens is 1. The summed E-state index contributed by atoms with van der Waals surface area (Å²) in [5.74, 6) is 0.239. The third kappa shape index (κ3) is 4.11. The Balaban J connectivity index is 1.78. The zero-order valence-corrected chi connectivity index (χ0v) is 15.7. The topological polar surface area (TPSA) is 38.3 Å². The highest BCUT2D eigenvalue weighted by atomic mass is 35.5. The van der Waals surface area contributed by atoms with Crippen molar-refractivity contribution in [3.63, 3.8) is 0 Å². The van der Waals surface area contributed by atoms with Crippen molar-refractivity contribution in [3.8, 4) is 0 Å². The molecule has 128 valence electrons. The van der Waals surface area contributed by atoms with Crippen molar-refractivity contribution in [2.45, 2.75) is 51.2 Å². The van der Waals surface area contributed by atoms with Crippen LogP contribution < -0.4 is 5.32 Å². The molecule has 0 radical (unpaired) electrons. The fraction of sp³-hybridized carbons (Fsp3) is 0.421. The predicted octanol–water partition coefficient (Wildman–Crippen LogP) is 5.18. The fourth-order valence-corrected chi connectivity index (χ4v) is 4.36. The molecule has 1 heterocycles. The minimum Gasteiger partial charge on any atom is -0.444 e. The molecule has 0 saturated carbocycles. The second kappa shape index (κ2) is 6.77. The molecule has 2 aromatic rings. The van der Waals surface area contributed by atoms with Gasteiger partial charge in [0.15, 0.2) is 0 Å². The van der Waals surface area contributed by atoms with Gasteiger partial charge in [-0.1, -0.05) is 35.9 Å². The first-order chi connectivity index (χ1) is 11.3. The summed E-state index contributed by atoms with van der Waals surface area (Å²) in [5.41, 5.74) is 2.11. The molecule has 0 unspecified atom stereocenters. The predicted molar refractivity (Wildman–Crippen MR) is 99.1 cm³/mol. The Kier molecular flexibility index (Phi) is 4.88. The summed E-state index contributed by atoms with van der Waals surface area (Å²) in [7, 11) is 0. The molecule has 1 aromatic carbocycles.